The molecule has 0 atom stereocenters. The van der Waals surface area contributed by atoms with E-state index in [1.165, 1.54) is 12.1 Å². The molecular weight excluding hydrogens is 446 g/mol. The summed E-state index contributed by atoms with van der Waals surface area (Å²) in [6.45, 7) is 5.82. The Balaban J connectivity index is 1.59. The van der Waals surface area contributed by atoms with E-state index in [1.807, 2.05) is 6.07 Å². The molecule has 8 heteroatoms. The quantitative estimate of drug-likeness (QED) is 0.390. The predicted molar refractivity (Wildman–Crippen MR) is 126 cm³/mol. The second kappa shape index (κ2) is 8.41. The summed E-state index contributed by atoms with van der Waals surface area (Å²) in [5.41, 5.74) is 1.43. The van der Waals surface area contributed by atoms with Gasteiger partial charge in [0.05, 0.1) is 5.02 Å². The van der Waals surface area contributed by atoms with Gasteiger partial charge in [0.2, 0.25) is 5.91 Å². The predicted octanol–water partition coefficient (Wildman–Crippen LogP) is 5.22. The van der Waals surface area contributed by atoms with Gasteiger partial charge in [-0.25, -0.2) is 8.78 Å². The number of nitrogens with zero attached hydrogens (tertiary/aromatic N) is 4. The molecular formula is C25H19ClF2N4O. The van der Waals surface area contributed by atoms with Crippen LogP contribution in [0.3, 0.4) is 0 Å². The summed E-state index contributed by atoms with van der Waals surface area (Å²) in [6.07, 6.45) is 4.45. The third kappa shape index (κ3) is 3.58. The highest BCUT2D eigenvalue weighted by molar-refractivity contribution is 6.36. The number of hydrogen-bond donors (Lipinski definition) is 0. The van der Waals surface area contributed by atoms with Gasteiger partial charge in [0.1, 0.15) is 17.0 Å². The van der Waals surface area contributed by atoms with Crippen molar-refractivity contribution in [3.63, 3.8) is 0 Å². The van der Waals surface area contributed by atoms with Gasteiger partial charge in [-0.2, -0.15) is 0 Å². The summed E-state index contributed by atoms with van der Waals surface area (Å²) < 4.78 is 29.9. The molecule has 3 heterocycles. The van der Waals surface area contributed by atoms with Crippen molar-refractivity contribution in [3.8, 4) is 11.3 Å². The summed E-state index contributed by atoms with van der Waals surface area (Å²) in [5.74, 6) is -1.27. The fourth-order valence-corrected chi connectivity index (χ4v) is 4.60. The lowest BCUT2D eigenvalue weighted by Crippen LogP contribution is -2.48. The fraction of sp³-hybridized carbons (Fsp3) is 0.160. The second-order valence-corrected chi connectivity index (χ2v) is 8.17. The number of amides is 1. The minimum Gasteiger partial charge on any atom is -0.367 e. The van der Waals surface area contributed by atoms with Crippen LogP contribution in [0.5, 0.6) is 0 Å². The van der Waals surface area contributed by atoms with Crippen LogP contribution in [0.25, 0.3) is 32.9 Å². The Morgan fingerprint density at radius 1 is 1.06 bits per heavy atom. The van der Waals surface area contributed by atoms with Crippen molar-refractivity contribution in [3.05, 3.63) is 78.1 Å². The van der Waals surface area contributed by atoms with Crippen molar-refractivity contribution in [2.45, 2.75) is 0 Å². The van der Waals surface area contributed by atoms with Crippen LogP contribution in [-0.4, -0.2) is 47.0 Å². The van der Waals surface area contributed by atoms with Gasteiger partial charge in [0.15, 0.2) is 5.82 Å². The maximum atomic E-state index is 15.7. The molecule has 166 valence electrons. The lowest BCUT2D eigenvalue weighted by Gasteiger charge is -2.36. The molecule has 33 heavy (non-hydrogen) atoms. The molecule has 0 N–H and O–H groups in total. The van der Waals surface area contributed by atoms with Crippen LogP contribution in [0.4, 0.5) is 14.5 Å². The summed E-state index contributed by atoms with van der Waals surface area (Å²) in [5, 5.41) is 1.59. The number of aromatic nitrogens is 2. The van der Waals surface area contributed by atoms with Gasteiger partial charge < -0.3 is 9.80 Å². The van der Waals surface area contributed by atoms with Crippen molar-refractivity contribution < 1.29 is 13.6 Å². The Hall–Kier alpha value is -3.58. The van der Waals surface area contributed by atoms with E-state index in [-0.39, 0.29) is 22.1 Å². The summed E-state index contributed by atoms with van der Waals surface area (Å²) in [6, 6.07) is 9.92. The molecule has 5 rings (SSSR count). The first kappa shape index (κ1) is 21.3. The third-order valence-electron chi connectivity index (χ3n) is 6.00. The Labute approximate surface area is 193 Å². The molecule has 4 aromatic rings. The van der Waals surface area contributed by atoms with Crippen LogP contribution in [0, 0.1) is 11.6 Å². The number of pyridine rings is 2. The van der Waals surface area contributed by atoms with Crippen LogP contribution in [-0.2, 0) is 4.79 Å². The minimum absolute atomic E-state index is 0.0617. The number of fused-ring (bicyclic) bond motifs is 2. The van der Waals surface area contributed by atoms with E-state index in [4.69, 9.17) is 11.6 Å². The van der Waals surface area contributed by atoms with E-state index in [0.29, 0.717) is 47.9 Å². The first-order valence-corrected chi connectivity index (χ1v) is 10.8. The largest absolute Gasteiger partial charge is 0.367 e. The third-order valence-corrected chi connectivity index (χ3v) is 6.37. The summed E-state index contributed by atoms with van der Waals surface area (Å²) in [4.78, 5) is 24.4. The average molecular weight is 465 g/mol. The van der Waals surface area contributed by atoms with Crippen molar-refractivity contribution >= 4 is 44.9 Å². The Kier molecular flexibility index (Phi) is 5.42. The van der Waals surface area contributed by atoms with Crippen LogP contribution in [0.15, 0.2) is 61.4 Å². The molecule has 0 radical (unpaired) electrons. The van der Waals surface area contributed by atoms with E-state index in [1.54, 1.807) is 41.6 Å². The smallest absolute Gasteiger partial charge is 0.246 e. The van der Waals surface area contributed by atoms with E-state index in [2.05, 4.69) is 21.4 Å². The maximum absolute atomic E-state index is 15.7. The van der Waals surface area contributed by atoms with Crippen molar-refractivity contribution in [1.29, 1.82) is 0 Å². The second-order valence-electron chi connectivity index (χ2n) is 7.79. The Morgan fingerprint density at radius 2 is 1.85 bits per heavy atom. The van der Waals surface area contributed by atoms with Crippen molar-refractivity contribution in [2.24, 2.45) is 0 Å². The van der Waals surface area contributed by atoms with E-state index in [9.17, 15) is 9.18 Å². The molecule has 1 aliphatic heterocycles. The lowest BCUT2D eigenvalue weighted by atomic mass is 10.00. The first-order valence-electron chi connectivity index (χ1n) is 10.5. The van der Waals surface area contributed by atoms with Gasteiger partial charge in [0, 0.05) is 60.6 Å². The Bertz CT molecular complexity index is 1420. The number of halogens is 3. The monoisotopic (exact) mass is 464 g/mol. The topological polar surface area (TPSA) is 49.3 Å². The molecule has 0 bridgehead atoms. The zero-order valence-corrected chi connectivity index (χ0v) is 18.3. The molecule has 1 saturated heterocycles. The summed E-state index contributed by atoms with van der Waals surface area (Å²) in [7, 11) is 0. The van der Waals surface area contributed by atoms with Crippen molar-refractivity contribution in [1.82, 2.24) is 14.9 Å². The van der Waals surface area contributed by atoms with Crippen LogP contribution in [0.1, 0.15) is 0 Å². The SMILES string of the molecule is C=CC(=O)N1CCN(c2ccnc3c(F)c(-c4cccc5ccc(F)c(Cl)c45)ncc23)CC1. The number of anilines is 1. The van der Waals surface area contributed by atoms with E-state index in [0.717, 1.165) is 5.69 Å². The number of benzene rings is 2. The van der Waals surface area contributed by atoms with Gasteiger partial charge >= 0.3 is 0 Å². The zero-order chi connectivity index (χ0) is 23.1. The lowest BCUT2D eigenvalue weighted by molar-refractivity contribution is -0.126. The number of carbonyl (C=O) groups is 1. The average Bonchev–Trinajstić information content (AvgIpc) is 2.85. The highest BCUT2D eigenvalue weighted by Crippen LogP contribution is 2.37. The van der Waals surface area contributed by atoms with E-state index < -0.39 is 11.6 Å². The van der Waals surface area contributed by atoms with Gasteiger partial charge in [-0.15, -0.1) is 0 Å². The highest BCUT2D eigenvalue weighted by atomic mass is 35.5. The van der Waals surface area contributed by atoms with Gasteiger partial charge in [0.25, 0.3) is 0 Å². The van der Waals surface area contributed by atoms with Gasteiger partial charge in [-0.1, -0.05) is 42.4 Å². The molecule has 2 aromatic carbocycles. The molecule has 2 aromatic heterocycles. The van der Waals surface area contributed by atoms with Gasteiger partial charge in [-0.05, 0) is 23.6 Å². The fourth-order valence-electron chi connectivity index (χ4n) is 4.33. The zero-order valence-electron chi connectivity index (χ0n) is 17.6. The molecule has 0 spiro atoms. The van der Waals surface area contributed by atoms with E-state index >= 15 is 4.39 Å². The molecule has 1 aliphatic rings. The molecule has 5 nitrogen and oxygen atoms in total. The van der Waals surface area contributed by atoms with Crippen LogP contribution in [0.2, 0.25) is 5.02 Å². The van der Waals surface area contributed by atoms with Gasteiger partial charge in [-0.3, -0.25) is 14.8 Å². The van der Waals surface area contributed by atoms with Crippen molar-refractivity contribution in [2.75, 3.05) is 31.1 Å². The normalized spacial score (nSPS) is 14.2. The Morgan fingerprint density at radius 3 is 2.61 bits per heavy atom. The number of rotatable bonds is 3. The molecule has 1 fully saturated rings. The van der Waals surface area contributed by atoms with Crippen LogP contribution < -0.4 is 4.90 Å². The van der Waals surface area contributed by atoms with Crippen LogP contribution >= 0.6 is 11.6 Å². The molecule has 0 aliphatic carbocycles. The number of hydrogen-bond acceptors (Lipinski definition) is 4. The minimum atomic E-state index is -0.595. The number of carbonyl (C=O) groups excluding carboxylic acids is 1. The first-order chi connectivity index (χ1) is 16.0. The molecule has 0 unspecified atom stereocenters. The summed E-state index contributed by atoms with van der Waals surface area (Å²) >= 11 is 6.24. The molecule has 0 saturated carbocycles. The molecule has 1 amide bonds. The standard InChI is InChI=1S/C25H19ClF2N4O/c1-2-20(33)32-12-10-31(11-13-32)19-8-9-29-25-17(19)14-30-24(23(25)28)16-5-3-4-15-6-7-18(27)22(26)21(15)16/h2-9,14H,1,10-13H2. The number of piperazine rings is 1. The highest BCUT2D eigenvalue weighted by Gasteiger charge is 2.23. The maximum Gasteiger partial charge on any atom is 0.246 e.